The molecule has 2 aliphatic heterocycles. The van der Waals surface area contributed by atoms with Gasteiger partial charge in [-0.05, 0) is 48.9 Å². The van der Waals surface area contributed by atoms with Crippen molar-refractivity contribution in [2.24, 2.45) is 0 Å². The average Bonchev–Trinajstić information content (AvgIpc) is 3.38. The van der Waals surface area contributed by atoms with Crippen LogP contribution >= 0.6 is 0 Å². The zero-order valence-electron chi connectivity index (χ0n) is 18.4. The number of fused-ring (bicyclic) bond motifs is 1. The van der Waals surface area contributed by atoms with E-state index in [2.05, 4.69) is 5.32 Å². The molecule has 0 saturated carbocycles. The van der Waals surface area contributed by atoms with Gasteiger partial charge in [-0.2, -0.15) is 0 Å². The van der Waals surface area contributed by atoms with Gasteiger partial charge in [-0.15, -0.1) is 0 Å². The molecule has 2 aromatic rings. The number of nitrogens with one attached hydrogen (secondary N) is 1. The number of hydrogen-bond acceptors (Lipinski definition) is 6. The van der Waals surface area contributed by atoms with E-state index in [0.29, 0.717) is 45.0 Å². The van der Waals surface area contributed by atoms with Crippen molar-refractivity contribution in [1.82, 2.24) is 5.32 Å². The van der Waals surface area contributed by atoms with Gasteiger partial charge in [-0.3, -0.25) is 9.59 Å². The lowest BCUT2D eigenvalue weighted by molar-refractivity contribution is -0.170. The van der Waals surface area contributed by atoms with E-state index in [1.807, 2.05) is 25.1 Å². The van der Waals surface area contributed by atoms with Crippen LogP contribution in [0.2, 0.25) is 0 Å². The highest BCUT2D eigenvalue weighted by Gasteiger charge is 2.39. The Morgan fingerprint density at radius 1 is 1.09 bits per heavy atom. The molecule has 4 rings (SSSR count). The maximum atomic E-state index is 12.2. The quantitative estimate of drug-likeness (QED) is 0.645. The van der Waals surface area contributed by atoms with Gasteiger partial charge in [-0.1, -0.05) is 6.07 Å². The van der Waals surface area contributed by atoms with Crippen LogP contribution in [0.1, 0.15) is 24.5 Å². The van der Waals surface area contributed by atoms with Crippen LogP contribution in [0.4, 0.5) is 5.69 Å². The number of likely N-dealkylation sites (N-methyl/N-ethyl adjacent to an activating group) is 1. The number of anilines is 1. The number of hydrogen-bond donors (Lipinski definition) is 1. The van der Waals surface area contributed by atoms with Crippen molar-refractivity contribution in [3.63, 3.8) is 0 Å². The monoisotopic (exact) mass is 440 g/mol. The highest BCUT2D eigenvalue weighted by Crippen LogP contribution is 2.38. The molecule has 2 heterocycles. The number of amides is 2. The SMILES string of the molecule is CCOc1ccc(OCC(=O)NCCC2(c3ccc4c(c3)CC(=O)N4C)OCCO2)cc1. The maximum Gasteiger partial charge on any atom is 0.257 e. The van der Waals surface area contributed by atoms with Crippen LogP contribution in [-0.2, 0) is 31.3 Å². The van der Waals surface area contributed by atoms with Gasteiger partial charge in [0.1, 0.15) is 11.5 Å². The van der Waals surface area contributed by atoms with E-state index in [1.54, 1.807) is 36.2 Å². The van der Waals surface area contributed by atoms with E-state index in [9.17, 15) is 9.59 Å². The Labute approximate surface area is 187 Å². The first-order valence-electron chi connectivity index (χ1n) is 10.8. The first-order chi connectivity index (χ1) is 15.5. The van der Waals surface area contributed by atoms with Gasteiger partial charge in [0.2, 0.25) is 5.91 Å². The van der Waals surface area contributed by atoms with Crippen molar-refractivity contribution in [3.8, 4) is 11.5 Å². The predicted octanol–water partition coefficient (Wildman–Crippen LogP) is 2.39. The Morgan fingerprint density at radius 3 is 2.47 bits per heavy atom. The van der Waals surface area contributed by atoms with E-state index < -0.39 is 5.79 Å². The van der Waals surface area contributed by atoms with Crippen LogP contribution in [0.5, 0.6) is 11.5 Å². The summed E-state index contributed by atoms with van der Waals surface area (Å²) < 4.78 is 22.9. The molecular weight excluding hydrogens is 412 g/mol. The van der Waals surface area contributed by atoms with Crippen molar-refractivity contribution >= 4 is 17.5 Å². The molecule has 0 spiro atoms. The van der Waals surface area contributed by atoms with Crippen LogP contribution < -0.4 is 19.7 Å². The van der Waals surface area contributed by atoms with Crippen LogP contribution in [0.15, 0.2) is 42.5 Å². The fraction of sp³-hybridized carbons (Fsp3) is 0.417. The third-order valence-corrected chi connectivity index (χ3v) is 5.63. The molecule has 170 valence electrons. The van der Waals surface area contributed by atoms with Crippen molar-refractivity contribution < 1.29 is 28.5 Å². The smallest absolute Gasteiger partial charge is 0.257 e. The molecular formula is C24H28N2O6. The van der Waals surface area contributed by atoms with Crippen LogP contribution in [0.25, 0.3) is 0 Å². The highest BCUT2D eigenvalue weighted by atomic mass is 16.7. The van der Waals surface area contributed by atoms with Gasteiger partial charge in [0.25, 0.3) is 5.91 Å². The van der Waals surface area contributed by atoms with Gasteiger partial charge in [-0.25, -0.2) is 0 Å². The number of ether oxygens (including phenoxy) is 4. The Bertz CT molecular complexity index is 969. The Morgan fingerprint density at radius 2 is 1.78 bits per heavy atom. The van der Waals surface area contributed by atoms with E-state index in [1.165, 1.54) is 0 Å². The number of carbonyl (C=O) groups is 2. The van der Waals surface area contributed by atoms with E-state index >= 15 is 0 Å². The van der Waals surface area contributed by atoms with Gasteiger partial charge < -0.3 is 29.2 Å². The summed E-state index contributed by atoms with van der Waals surface area (Å²) in [7, 11) is 1.77. The second-order valence-corrected chi connectivity index (χ2v) is 7.72. The Hall–Kier alpha value is -3.10. The zero-order chi connectivity index (χ0) is 22.6. The largest absolute Gasteiger partial charge is 0.494 e. The van der Waals surface area contributed by atoms with Gasteiger partial charge >= 0.3 is 0 Å². The topological polar surface area (TPSA) is 86.3 Å². The second kappa shape index (κ2) is 9.58. The summed E-state index contributed by atoms with van der Waals surface area (Å²) in [5.74, 6) is 0.268. The first kappa shape index (κ1) is 22.1. The summed E-state index contributed by atoms with van der Waals surface area (Å²) >= 11 is 0. The minimum absolute atomic E-state index is 0.0688. The third-order valence-electron chi connectivity index (χ3n) is 5.63. The minimum Gasteiger partial charge on any atom is -0.494 e. The fourth-order valence-corrected chi connectivity index (χ4v) is 3.98. The molecule has 0 unspecified atom stereocenters. The van der Waals surface area contributed by atoms with Crippen LogP contribution in [0, 0.1) is 0 Å². The lowest BCUT2D eigenvalue weighted by Crippen LogP contribution is -2.36. The van der Waals surface area contributed by atoms with Crippen molar-refractivity contribution in [2.75, 3.05) is 44.9 Å². The van der Waals surface area contributed by atoms with Gasteiger partial charge in [0, 0.05) is 31.3 Å². The summed E-state index contributed by atoms with van der Waals surface area (Å²) in [5, 5.41) is 2.86. The zero-order valence-corrected chi connectivity index (χ0v) is 18.4. The molecule has 2 amide bonds. The molecule has 0 aromatic heterocycles. The number of nitrogens with zero attached hydrogens (tertiary/aromatic N) is 1. The highest BCUT2D eigenvalue weighted by molar-refractivity contribution is 6.00. The maximum absolute atomic E-state index is 12.2. The van der Waals surface area contributed by atoms with Gasteiger partial charge in [0.05, 0.1) is 26.2 Å². The summed E-state index contributed by atoms with van der Waals surface area (Å²) in [6.45, 7) is 3.75. The molecule has 1 N–H and O–H groups in total. The predicted molar refractivity (Wildman–Crippen MR) is 118 cm³/mol. The first-order valence-corrected chi connectivity index (χ1v) is 10.8. The number of benzene rings is 2. The third kappa shape index (κ3) is 4.71. The molecule has 1 fully saturated rings. The van der Waals surface area contributed by atoms with E-state index in [-0.39, 0.29) is 18.4 Å². The van der Waals surface area contributed by atoms with Crippen LogP contribution in [-0.4, -0.2) is 51.8 Å². The summed E-state index contributed by atoms with van der Waals surface area (Å²) in [6.07, 6.45) is 0.819. The lowest BCUT2D eigenvalue weighted by Gasteiger charge is -2.28. The normalized spacial score (nSPS) is 16.7. The summed E-state index contributed by atoms with van der Waals surface area (Å²) in [6, 6.07) is 13.0. The lowest BCUT2D eigenvalue weighted by atomic mass is 9.98. The summed E-state index contributed by atoms with van der Waals surface area (Å²) in [4.78, 5) is 25.9. The fourth-order valence-electron chi connectivity index (χ4n) is 3.98. The molecule has 0 radical (unpaired) electrons. The Balaban J connectivity index is 1.31. The van der Waals surface area contributed by atoms with Gasteiger partial charge in [0.15, 0.2) is 12.4 Å². The average molecular weight is 440 g/mol. The molecule has 0 atom stereocenters. The molecule has 8 heteroatoms. The van der Waals surface area contributed by atoms with Crippen molar-refractivity contribution in [2.45, 2.75) is 25.6 Å². The summed E-state index contributed by atoms with van der Waals surface area (Å²) in [5.41, 5.74) is 2.73. The second-order valence-electron chi connectivity index (χ2n) is 7.72. The van der Waals surface area contributed by atoms with Crippen molar-refractivity contribution in [3.05, 3.63) is 53.6 Å². The molecule has 0 aliphatic carbocycles. The number of carbonyl (C=O) groups excluding carboxylic acids is 2. The van der Waals surface area contributed by atoms with Crippen molar-refractivity contribution in [1.29, 1.82) is 0 Å². The van der Waals surface area contributed by atoms with E-state index in [4.69, 9.17) is 18.9 Å². The molecule has 0 bridgehead atoms. The standard InChI is InChI=1S/C24H28N2O6/c1-3-29-19-5-7-20(8-6-19)30-16-22(27)25-11-10-24(31-12-13-32-24)18-4-9-21-17(14-18)15-23(28)26(21)2/h4-9,14H,3,10-13,15-16H2,1-2H3,(H,25,27). The Kier molecular flexibility index (Phi) is 6.62. The molecule has 2 aromatic carbocycles. The molecule has 32 heavy (non-hydrogen) atoms. The van der Waals surface area contributed by atoms with E-state index in [0.717, 1.165) is 22.6 Å². The van der Waals surface area contributed by atoms with Crippen LogP contribution in [0.3, 0.4) is 0 Å². The minimum atomic E-state index is -0.928. The number of rotatable bonds is 9. The molecule has 1 saturated heterocycles. The molecule has 8 nitrogen and oxygen atoms in total. The molecule has 2 aliphatic rings.